The lowest BCUT2D eigenvalue weighted by Gasteiger charge is -2.14. The van der Waals surface area contributed by atoms with E-state index in [0.717, 1.165) is 3.57 Å². The van der Waals surface area contributed by atoms with Gasteiger partial charge in [-0.3, -0.25) is 0 Å². The van der Waals surface area contributed by atoms with Crippen molar-refractivity contribution in [3.05, 3.63) is 24.8 Å². The maximum Gasteiger partial charge on any atom is 0.257 e. The predicted molar refractivity (Wildman–Crippen MR) is 66.5 cm³/mol. The smallest absolute Gasteiger partial charge is 0.257 e. The molecule has 2 nitrogen and oxygen atoms in total. The Bertz CT molecular complexity index is 346. The quantitative estimate of drug-likeness (QED) is 0.717. The highest BCUT2D eigenvalue weighted by Gasteiger charge is 2.22. The summed E-state index contributed by atoms with van der Waals surface area (Å²) in [6.07, 6.45) is -2.67. The van der Waals surface area contributed by atoms with Crippen LogP contribution in [0.5, 0.6) is 5.75 Å². The van der Waals surface area contributed by atoms with E-state index in [1.165, 1.54) is 6.07 Å². The molecular formula is C8H7F2I2NO. The Balaban J connectivity index is 3.20. The Morgan fingerprint density at radius 3 is 2.36 bits per heavy atom. The first-order valence-corrected chi connectivity index (χ1v) is 5.81. The first-order chi connectivity index (χ1) is 6.43. The first-order valence-electron chi connectivity index (χ1n) is 3.65. The molecule has 0 unspecified atom stereocenters. The van der Waals surface area contributed by atoms with E-state index in [9.17, 15) is 13.9 Å². The van der Waals surface area contributed by atoms with Gasteiger partial charge in [-0.1, -0.05) is 0 Å². The summed E-state index contributed by atoms with van der Waals surface area (Å²) in [4.78, 5) is 0. The molecule has 14 heavy (non-hydrogen) atoms. The van der Waals surface area contributed by atoms with Gasteiger partial charge < -0.3 is 10.8 Å². The van der Waals surface area contributed by atoms with Gasteiger partial charge in [0.25, 0.3) is 6.43 Å². The van der Waals surface area contributed by atoms with Gasteiger partial charge in [-0.05, 0) is 57.3 Å². The molecule has 0 spiro atoms. The Labute approximate surface area is 107 Å². The fraction of sp³-hybridized carbons (Fsp3) is 0.250. The molecule has 1 rings (SSSR count). The topological polar surface area (TPSA) is 46.2 Å². The zero-order valence-electron chi connectivity index (χ0n) is 6.85. The minimum Gasteiger partial charge on any atom is -0.506 e. The number of aromatic hydroxyl groups is 1. The van der Waals surface area contributed by atoms with Gasteiger partial charge in [0.15, 0.2) is 0 Å². The highest BCUT2D eigenvalue weighted by Crippen LogP contribution is 2.32. The van der Waals surface area contributed by atoms with Crippen LogP contribution in [0.2, 0.25) is 0 Å². The van der Waals surface area contributed by atoms with E-state index in [-0.39, 0.29) is 11.3 Å². The number of phenolic OH excluding ortho intramolecular Hbond substituents is 1. The summed E-state index contributed by atoms with van der Waals surface area (Å²) in [5, 5.41) is 9.52. The third kappa shape index (κ3) is 2.66. The molecule has 0 radical (unpaired) electrons. The fourth-order valence-corrected chi connectivity index (χ4v) is 2.87. The summed E-state index contributed by atoms with van der Waals surface area (Å²) in [7, 11) is 0. The molecule has 0 heterocycles. The van der Waals surface area contributed by atoms with E-state index in [1.807, 2.05) is 45.2 Å². The van der Waals surface area contributed by atoms with Crippen LogP contribution in [0.4, 0.5) is 8.78 Å². The Morgan fingerprint density at radius 2 is 1.86 bits per heavy atom. The molecule has 1 atom stereocenters. The van der Waals surface area contributed by atoms with Crippen molar-refractivity contribution in [3.8, 4) is 5.75 Å². The summed E-state index contributed by atoms with van der Waals surface area (Å²) in [6.45, 7) is 0. The number of hydrogen-bond acceptors (Lipinski definition) is 2. The van der Waals surface area contributed by atoms with E-state index < -0.39 is 12.5 Å². The van der Waals surface area contributed by atoms with Gasteiger partial charge in [-0.2, -0.15) is 0 Å². The predicted octanol–water partition coefficient (Wildman–Crippen LogP) is 2.87. The van der Waals surface area contributed by atoms with Crippen molar-refractivity contribution in [3.63, 3.8) is 0 Å². The van der Waals surface area contributed by atoms with Gasteiger partial charge in [-0.25, -0.2) is 8.78 Å². The van der Waals surface area contributed by atoms with Crippen LogP contribution in [0, 0.1) is 7.14 Å². The van der Waals surface area contributed by atoms with Crippen molar-refractivity contribution in [2.24, 2.45) is 5.73 Å². The zero-order valence-corrected chi connectivity index (χ0v) is 11.2. The van der Waals surface area contributed by atoms with Gasteiger partial charge in [0.2, 0.25) is 0 Å². The van der Waals surface area contributed by atoms with E-state index >= 15 is 0 Å². The maximum atomic E-state index is 12.3. The lowest BCUT2D eigenvalue weighted by atomic mass is 10.1. The number of benzene rings is 1. The van der Waals surface area contributed by atoms with Crippen LogP contribution in [-0.4, -0.2) is 11.5 Å². The Hall–Kier alpha value is 0.300. The average molecular weight is 425 g/mol. The molecule has 78 valence electrons. The van der Waals surface area contributed by atoms with Crippen molar-refractivity contribution in [2.75, 3.05) is 0 Å². The molecule has 0 aliphatic carbocycles. The highest BCUT2D eigenvalue weighted by molar-refractivity contribution is 14.1. The number of hydrogen-bond donors (Lipinski definition) is 2. The second kappa shape index (κ2) is 4.88. The third-order valence-electron chi connectivity index (χ3n) is 1.69. The van der Waals surface area contributed by atoms with E-state index in [1.54, 1.807) is 6.07 Å². The first kappa shape index (κ1) is 12.4. The van der Waals surface area contributed by atoms with E-state index in [4.69, 9.17) is 5.73 Å². The minimum atomic E-state index is -2.67. The second-order valence-corrected chi connectivity index (χ2v) is 5.09. The SMILES string of the molecule is N[C@@H](c1cc(I)cc(I)c1O)C(F)F. The molecule has 6 heteroatoms. The van der Waals surface area contributed by atoms with Crippen LogP contribution in [-0.2, 0) is 0 Å². The molecule has 0 saturated carbocycles. The highest BCUT2D eigenvalue weighted by atomic mass is 127. The van der Waals surface area contributed by atoms with Crippen LogP contribution in [0.3, 0.4) is 0 Å². The van der Waals surface area contributed by atoms with E-state index in [2.05, 4.69) is 0 Å². The molecular weight excluding hydrogens is 418 g/mol. The number of halogens is 4. The fourth-order valence-electron chi connectivity index (χ4n) is 0.976. The zero-order chi connectivity index (χ0) is 10.9. The number of nitrogens with two attached hydrogens (primary N) is 1. The molecule has 1 aromatic carbocycles. The molecule has 0 amide bonds. The molecule has 0 bridgehead atoms. The summed E-state index contributed by atoms with van der Waals surface area (Å²) < 4.78 is 25.9. The largest absolute Gasteiger partial charge is 0.506 e. The summed E-state index contributed by atoms with van der Waals surface area (Å²) in [5.74, 6) is -0.154. The van der Waals surface area contributed by atoms with Crippen LogP contribution >= 0.6 is 45.2 Å². The average Bonchev–Trinajstić information content (AvgIpc) is 2.09. The van der Waals surface area contributed by atoms with Gasteiger partial charge in [-0.15, -0.1) is 0 Å². The van der Waals surface area contributed by atoms with Crippen LogP contribution in [0.1, 0.15) is 11.6 Å². The summed E-state index contributed by atoms with van der Waals surface area (Å²) in [5.41, 5.74) is 5.35. The minimum absolute atomic E-state index is 0.0938. The van der Waals surface area contributed by atoms with Crippen LogP contribution in [0.25, 0.3) is 0 Å². The second-order valence-electron chi connectivity index (χ2n) is 2.69. The van der Waals surface area contributed by atoms with Crippen molar-refractivity contribution >= 4 is 45.2 Å². The number of alkyl halides is 2. The number of phenols is 1. The summed E-state index contributed by atoms with van der Waals surface area (Å²) >= 11 is 3.87. The van der Waals surface area contributed by atoms with Crippen LogP contribution in [0.15, 0.2) is 12.1 Å². The van der Waals surface area contributed by atoms with Crippen molar-refractivity contribution < 1.29 is 13.9 Å². The normalized spacial score (nSPS) is 13.3. The molecule has 0 fully saturated rings. The lowest BCUT2D eigenvalue weighted by molar-refractivity contribution is 0.115. The van der Waals surface area contributed by atoms with Crippen molar-refractivity contribution in [2.45, 2.75) is 12.5 Å². The molecule has 0 saturated heterocycles. The maximum absolute atomic E-state index is 12.3. The molecule has 1 aromatic rings. The van der Waals surface area contributed by atoms with Gasteiger partial charge >= 0.3 is 0 Å². The number of rotatable bonds is 2. The van der Waals surface area contributed by atoms with Gasteiger partial charge in [0, 0.05) is 9.13 Å². The lowest BCUT2D eigenvalue weighted by Crippen LogP contribution is -2.19. The van der Waals surface area contributed by atoms with E-state index in [0.29, 0.717) is 3.57 Å². The molecule has 0 aliphatic heterocycles. The van der Waals surface area contributed by atoms with Gasteiger partial charge in [0.05, 0.1) is 9.61 Å². The summed E-state index contributed by atoms with van der Waals surface area (Å²) in [6, 6.07) is 1.73. The van der Waals surface area contributed by atoms with Gasteiger partial charge in [0.1, 0.15) is 5.75 Å². The third-order valence-corrected chi connectivity index (χ3v) is 3.13. The van der Waals surface area contributed by atoms with Crippen molar-refractivity contribution in [1.29, 1.82) is 0 Å². The van der Waals surface area contributed by atoms with Crippen LogP contribution < -0.4 is 5.73 Å². The van der Waals surface area contributed by atoms with Crippen molar-refractivity contribution in [1.82, 2.24) is 0 Å². The molecule has 0 aromatic heterocycles. The molecule has 0 aliphatic rings. The monoisotopic (exact) mass is 425 g/mol. The Morgan fingerprint density at radius 1 is 1.29 bits per heavy atom. The standard InChI is InChI=1S/C8H7F2I2NO/c9-8(10)6(13)4-1-3(11)2-5(12)7(4)14/h1-2,6,8,14H,13H2/t6-/m0/s1. The Kier molecular flexibility index (Phi) is 4.31. The molecule has 3 N–H and O–H groups in total.